The molecule has 9 nitrogen and oxygen atoms in total. The monoisotopic (exact) mass is 434 g/mol. The zero-order valence-corrected chi connectivity index (χ0v) is 18.6. The summed E-state index contributed by atoms with van der Waals surface area (Å²) in [6.07, 6.45) is 0.604. The Morgan fingerprint density at radius 1 is 0.968 bits per heavy atom. The fourth-order valence-corrected chi connectivity index (χ4v) is 2.98. The van der Waals surface area contributed by atoms with Crippen molar-refractivity contribution < 1.29 is 24.3 Å². The van der Waals surface area contributed by atoms with Gasteiger partial charge in [0.25, 0.3) is 0 Å². The third-order valence-corrected chi connectivity index (χ3v) is 4.65. The van der Waals surface area contributed by atoms with Crippen molar-refractivity contribution in [3.8, 4) is 0 Å². The van der Waals surface area contributed by atoms with E-state index in [-0.39, 0.29) is 24.8 Å². The maximum absolute atomic E-state index is 12.7. The summed E-state index contributed by atoms with van der Waals surface area (Å²) < 4.78 is 0. The van der Waals surface area contributed by atoms with Crippen LogP contribution in [0.3, 0.4) is 0 Å². The van der Waals surface area contributed by atoms with E-state index in [0.717, 1.165) is 5.56 Å². The number of nitrogens with two attached hydrogens (primary N) is 1. The zero-order chi connectivity index (χ0) is 23.6. The number of carboxylic acids is 1. The van der Waals surface area contributed by atoms with Crippen molar-refractivity contribution in [2.24, 2.45) is 17.6 Å². The van der Waals surface area contributed by atoms with Gasteiger partial charge in [0.2, 0.25) is 17.7 Å². The number of aliphatic carboxylic acids is 1. The molecular formula is C22H34N4O5. The minimum Gasteiger partial charge on any atom is -0.480 e. The Hall–Kier alpha value is -2.94. The fourth-order valence-electron chi connectivity index (χ4n) is 2.98. The van der Waals surface area contributed by atoms with Gasteiger partial charge in [-0.1, -0.05) is 58.0 Å². The lowest BCUT2D eigenvalue weighted by Crippen LogP contribution is -2.55. The maximum atomic E-state index is 12.7. The molecule has 0 bridgehead atoms. The molecule has 0 aliphatic carbocycles. The first-order valence-corrected chi connectivity index (χ1v) is 10.4. The SMILES string of the molecule is CC(C)CC(N)C(=O)NCC(=O)NC(C(=O)NC(Cc1ccccc1)C(=O)O)C(C)C. The summed E-state index contributed by atoms with van der Waals surface area (Å²) in [5, 5.41) is 17.0. The molecule has 0 radical (unpaired) electrons. The van der Waals surface area contributed by atoms with E-state index in [9.17, 15) is 24.3 Å². The molecule has 31 heavy (non-hydrogen) atoms. The Morgan fingerprint density at radius 2 is 1.58 bits per heavy atom. The molecule has 3 amide bonds. The van der Waals surface area contributed by atoms with E-state index in [2.05, 4.69) is 16.0 Å². The second kappa shape index (κ2) is 12.7. The highest BCUT2D eigenvalue weighted by Crippen LogP contribution is 2.07. The molecule has 3 unspecified atom stereocenters. The molecule has 0 heterocycles. The lowest BCUT2D eigenvalue weighted by molar-refractivity contribution is -0.142. The van der Waals surface area contributed by atoms with Gasteiger partial charge in [-0.25, -0.2) is 4.79 Å². The number of carboxylic acid groups (broad SMARTS) is 1. The predicted molar refractivity (Wildman–Crippen MR) is 117 cm³/mol. The van der Waals surface area contributed by atoms with E-state index < -0.39 is 41.8 Å². The van der Waals surface area contributed by atoms with Crippen LogP contribution in [0, 0.1) is 11.8 Å². The summed E-state index contributed by atoms with van der Waals surface area (Å²) in [7, 11) is 0. The van der Waals surface area contributed by atoms with Gasteiger partial charge in [-0.2, -0.15) is 0 Å². The second-order valence-electron chi connectivity index (χ2n) is 8.33. The summed E-state index contributed by atoms with van der Waals surface area (Å²) in [5.74, 6) is -2.83. The molecule has 3 atom stereocenters. The molecule has 9 heteroatoms. The molecule has 0 aliphatic rings. The number of amides is 3. The minimum atomic E-state index is -1.17. The largest absolute Gasteiger partial charge is 0.480 e. The van der Waals surface area contributed by atoms with Crippen LogP contribution in [0.2, 0.25) is 0 Å². The predicted octanol–water partition coefficient (Wildman–Crippen LogP) is 0.429. The lowest BCUT2D eigenvalue weighted by atomic mass is 10.0. The summed E-state index contributed by atoms with van der Waals surface area (Å²) >= 11 is 0. The molecule has 0 saturated heterocycles. The van der Waals surface area contributed by atoms with Crippen LogP contribution in [0.1, 0.15) is 39.7 Å². The highest BCUT2D eigenvalue weighted by molar-refractivity contribution is 5.92. The molecule has 172 valence electrons. The average molecular weight is 435 g/mol. The van der Waals surface area contributed by atoms with Crippen molar-refractivity contribution in [3.05, 3.63) is 35.9 Å². The van der Waals surface area contributed by atoms with Gasteiger partial charge in [-0.05, 0) is 23.8 Å². The summed E-state index contributed by atoms with van der Waals surface area (Å²) in [6.45, 7) is 7.01. The number of benzene rings is 1. The maximum Gasteiger partial charge on any atom is 0.326 e. The molecule has 0 aliphatic heterocycles. The Kier molecular flexibility index (Phi) is 10.7. The van der Waals surface area contributed by atoms with Crippen LogP contribution in [0.25, 0.3) is 0 Å². The van der Waals surface area contributed by atoms with E-state index in [0.29, 0.717) is 6.42 Å². The molecule has 1 aromatic carbocycles. The smallest absolute Gasteiger partial charge is 0.326 e. The first kappa shape index (κ1) is 26.1. The summed E-state index contributed by atoms with van der Waals surface area (Å²) in [5.41, 5.74) is 6.55. The van der Waals surface area contributed by atoms with Crippen LogP contribution in [0.5, 0.6) is 0 Å². The molecule has 1 rings (SSSR count). The van der Waals surface area contributed by atoms with Crippen LogP contribution in [0.4, 0.5) is 0 Å². The van der Waals surface area contributed by atoms with E-state index in [1.807, 2.05) is 19.9 Å². The molecule has 6 N–H and O–H groups in total. The Morgan fingerprint density at radius 3 is 2.10 bits per heavy atom. The minimum absolute atomic E-state index is 0.116. The van der Waals surface area contributed by atoms with Gasteiger partial charge in [0.1, 0.15) is 12.1 Å². The highest BCUT2D eigenvalue weighted by Gasteiger charge is 2.29. The number of hydrogen-bond donors (Lipinski definition) is 5. The summed E-state index contributed by atoms with van der Waals surface area (Å²) in [6, 6.07) is 6.13. The fraction of sp³-hybridized carbons (Fsp3) is 0.545. The van der Waals surface area contributed by atoms with E-state index >= 15 is 0 Å². The molecule has 0 spiro atoms. The quantitative estimate of drug-likeness (QED) is 0.322. The van der Waals surface area contributed by atoms with Crippen molar-refractivity contribution in [1.29, 1.82) is 0 Å². The molecule has 1 aromatic rings. The zero-order valence-electron chi connectivity index (χ0n) is 18.6. The first-order chi connectivity index (χ1) is 14.5. The van der Waals surface area contributed by atoms with Crippen LogP contribution < -0.4 is 21.7 Å². The van der Waals surface area contributed by atoms with Crippen molar-refractivity contribution in [2.45, 2.75) is 58.7 Å². The van der Waals surface area contributed by atoms with Gasteiger partial charge in [-0.3, -0.25) is 14.4 Å². The molecular weight excluding hydrogens is 400 g/mol. The molecule has 0 fully saturated rings. The number of hydrogen-bond acceptors (Lipinski definition) is 5. The van der Waals surface area contributed by atoms with Crippen LogP contribution in [-0.2, 0) is 25.6 Å². The normalized spacial score (nSPS) is 13.9. The standard InChI is InChI=1S/C22H34N4O5/c1-13(2)10-16(23)20(28)24-12-18(27)26-19(14(3)4)21(29)25-17(22(30)31)11-15-8-6-5-7-9-15/h5-9,13-14,16-17,19H,10-12,23H2,1-4H3,(H,24,28)(H,25,29)(H,26,27)(H,30,31). The number of rotatable bonds is 12. The molecule has 0 saturated carbocycles. The van der Waals surface area contributed by atoms with Crippen molar-refractivity contribution in [1.82, 2.24) is 16.0 Å². The van der Waals surface area contributed by atoms with Gasteiger partial charge in [0.05, 0.1) is 12.6 Å². The van der Waals surface area contributed by atoms with Crippen molar-refractivity contribution in [3.63, 3.8) is 0 Å². The van der Waals surface area contributed by atoms with Crippen LogP contribution >= 0.6 is 0 Å². The van der Waals surface area contributed by atoms with E-state index in [1.54, 1.807) is 38.1 Å². The van der Waals surface area contributed by atoms with Crippen molar-refractivity contribution >= 4 is 23.7 Å². The van der Waals surface area contributed by atoms with Crippen LogP contribution in [-0.4, -0.2) is 53.5 Å². The molecule has 0 aromatic heterocycles. The van der Waals surface area contributed by atoms with Gasteiger partial charge in [0.15, 0.2) is 0 Å². The second-order valence-corrected chi connectivity index (χ2v) is 8.33. The van der Waals surface area contributed by atoms with Crippen LogP contribution in [0.15, 0.2) is 30.3 Å². The number of carbonyl (C=O) groups excluding carboxylic acids is 3. The van der Waals surface area contributed by atoms with Gasteiger partial charge in [0, 0.05) is 6.42 Å². The first-order valence-electron chi connectivity index (χ1n) is 10.4. The Labute approximate surface area is 183 Å². The topological polar surface area (TPSA) is 151 Å². The van der Waals surface area contributed by atoms with E-state index in [1.165, 1.54) is 0 Å². The summed E-state index contributed by atoms with van der Waals surface area (Å²) in [4.78, 5) is 48.5. The third kappa shape index (κ3) is 9.61. The van der Waals surface area contributed by atoms with Gasteiger partial charge < -0.3 is 26.8 Å². The average Bonchev–Trinajstić information content (AvgIpc) is 2.69. The van der Waals surface area contributed by atoms with Crippen molar-refractivity contribution in [2.75, 3.05) is 6.54 Å². The number of carbonyl (C=O) groups is 4. The third-order valence-electron chi connectivity index (χ3n) is 4.65. The van der Waals surface area contributed by atoms with E-state index in [4.69, 9.17) is 5.73 Å². The Bertz CT molecular complexity index is 752. The Balaban J connectivity index is 2.68. The lowest BCUT2D eigenvalue weighted by Gasteiger charge is -2.24. The highest BCUT2D eigenvalue weighted by atomic mass is 16.4. The van der Waals surface area contributed by atoms with Gasteiger partial charge in [-0.15, -0.1) is 0 Å². The number of nitrogens with one attached hydrogen (secondary N) is 3. The van der Waals surface area contributed by atoms with Gasteiger partial charge >= 0.3 is 5.97 Å².